The van der Waals surface area contributed by atoms with Crippen molar-refractivity contribution in [2.75, 3.05) is 7.11 Å². The van der Waals surface area contributed by atoms with Crippen molar-refractivity contribution in [1.82, 2.24) is 0 Å². The van der Waals surface area contributed by atoms with Crippen molar-refractivity contribution >= 4 is 32.6 Å². The van der Waals surface area contributed by atoms with Crippen molar-refractivity contribution < 1.29 is 14.1 Å². The zero-order chi connectivity index (χ0) is 18.8. The Hall–Kier alpha value is -2.85. The van der Waals surface area contributed by atoms with Gasteiger partial charge in [0.15, 0.2) is 0 Å². The lowest BCUT2D eigenvalue weighted by Crippen LogP contribution is -2.70. The van der Waals surface area contributed by atoms with E-state index in [1.807, 2.05) is 60.7 Å². The third-order valence-corrected chi connectivity index (χ3v) is 4.95. The Morgan fingerprint density at radius 2 is 1.63 bits per heavy atom. The van der Waals surface area contributed by atoms with Gasteiger partial charge in [-0.1, -0.05) is 27.6 Å². The maximum Gasteiger partial charge on any atom is 0.218 e. The molecule has 4 aromatic rings. The van der Waals surface area contributed by atoms with E-state index in [2.05, 4.69) is 40.0 Å². The molecule has 3 nitrogen and oxygen atoms in total. The molecule has 0 spiro atoms. The zero-order valence-electron chi connectivity index (χ0n) is 15.1. The van der Waals surface area contributed by atoms with Crippen LogP contribution in [0, 0.1) is 6.92 Å². The first-order valence-corrected chi connectivity index (χ1v) is 9.46. The molecular formula is C23H19BrNO2+. The summed E-state index contributed by atoms with van der Waals surface area (Å²) in [6.45, 7) is 2.08. The number of aryl methyl sites for hydroxylation is 1. The van der Waals surface area contributed by atoms with E-state index in [9.17, 15) is 0 Å². The van der Waals surface area contributed by atoms with Crippen LogP contribution in [-0.2, 0) is 0 Å². The van der Waals surface area contributed by atoms with E-state index in [4.69, 9.17) is 9.15 Å². The van der Waals surface area contributed by atoms with E-state index in [1.54, 1.807) is 7.11 Å². The summed E-state index contributed by atoms with van der Waals surface area (Å²) in [7, 11) is 1.66. The summed E-state index contributed by atoms with van der Waals surface area (Å²) in [5.41, 5.74) is 4.05. The Balaban J connectivity index is 1.94. The third-order valence-electron chi connectivity index (χ3n) is 4.42. The molecule has 27 heavy (non-hydrogen) atoms. The average Bonchev–Trinajstić information content (AvgIpc) is 2.70. The number of benzene rings is 3. The predicted molar refractivity (Wildman–Crippen MR) is 111 cm³/mol. The molecule has 134 valence electrons. The van der Waals surface area contributed by atoms with Crippen molar-refractivity contribution in [1.29, 1.82) is 0 Å². The minimum absolute atomic E-state index is 0.800. The minimum Gasteiger partial charge on any atom is -0.497 e. The van der Waals surface area contributed by atoms with Crippen LogP contribution in [0.3, 0.4) is 0 Å². The van der Waals surface area contributed by atoms with Crippen LogP contribution in [0.2, 0.25) is 0 Å². The van der Waals surface area contributed by atoms with Crippen LogP contribution in [0.1, 0.15) is 5.56 Å². The van der Waals surface area contributed by atoms with Crippen LogP contribution < -0.4 is 15.1 Å². The van der Waals surface area contributed by atoms with Crippen molar-refractivity contribution in [2.45, 2.75) is 6.92 Å². The lowest BCUT2D eigenvalue weighted by molar-refractivity contribution is -0.400. The van der Waals surface area contributed by atoms with E-state index < -0.39 is 0 Å². The summed E-state index contributed by atoms with van der Waals surface area (Å²) < 4.78 is 12.5. The molecule has 0 fully saturated rings. The fourth-order valence-corrected chi connectivity index (χ4v) is 3.25. The maximum atomic E-state index is 6.19. The second-order valence-corrected chi connectivity index (χ2v) is 7.30. The van der Waals surface area contributed by atoms with Crippen molar-refractivity contribution in [3.8, 4) is 17.1 Å². The summed E-state index contributed by atoms with van der Waals surface area (Å²) in [5, 5.41) is 2.06. The highest BCUT2D eigenvalue weighted by molar-refractivity contribution is 9.10. The fraction of sp³-hybridized carbons (Fsp3) is 0.0870. The number of fused-ring (bicyclic) bond motifs is 1. The van der Waals surface area contributed by atoms with Crippen LogP contribution in [0.4, 0.5) is 5.69 Å². The molecule has 0 unspecified atom stereocenters. The first-order valence-electron chi connectivity index (χ1n) is 8.67. The molecule has 0 radical (unpaired) electrons. The van der Waals surface area contributed by atoms with Crippen LogP contribution in [0.25, 0.3) is 22.3 Å². The largest absolute Gasteiger partial charge is 0.497 e. The first kappa shape index (κ1) is 17.6. The topological polar surface area (TPSA) is 36.3 Å². The number of halogens is 1. The zero-order valence-corrected chi connectivity index (χ0v) is 16.7. The number of hydrogen-bond acceptors (Lipinski definition) is 2. The average molecular weight is 421 g/mol. The van der Waals surface area contributed by atoms with E-state index in [1.165, 1.54) is 5.56 Å². The molecule has 1 aromatic heterocycles. The normalized spacial score (nSPS) is 11.7. The van der Waals surface area contributed by atoms with Crippen LogP contribution in [-0.4, -0.2) is 7.11 Å². The molecule has 0 amide bonds. The maximum absolute atomic E-state index is 6.19. The molecule has 0 aliphatic rings. The summed E-state index contributed by atoms with van der Waals surface area (Å²) >= 11 is 3.48. The highest BCUT2D eigenvalue weighted by atomic mass is 79.9. The van der Waals surface area contributed by atoms with Crippen LogP contribution in [0.5, 0.6) is 5.75 Å². The van der Waals surface area contributed by atoms with Gasteiger partial charge in [0.1, 0.15) is 17.1 Å². The van der Waals surface area contributed by atoms with Gasteiger partial charge in [-0.3, -0.25) is 0 Å². The molecule has 1 N–H and O–H groups in total. The Labute approximate surface area is 166 Å². The van der Waals surface area contributed by atoms with Gasteiger partial charge in [-0.25, -0.2) is 4.99 Å². The van der Waals surface area contributed by atoms with Gasteiger partial charge in [0.2, 0.25) is 11.0 Å². The van der Waals surface area contributed by atoms with Gasteiger partial charge in [0.25, 0.3) is 0 Å². The number of nitrogens with one attached hydrogen (secondary N) is 1. The van der Waals surface area contributed by atoms with E-state index >= 15 is 0 Å². The lowest BCUT2D eigenvalue weighted by Gasteiger charge is -2.05. The second kappa shape index (κ2) is 7.41. The predicted octanol–water partition coefficient (Wildman–Crippen LogP) is 4.49. The summed E-state index contributed by atoms with van der Waals surface area (Å²) in [4.78, 5) is 3.53. The monoisotopic (exact) mass is 420 g/mol. The number of hydrogen-bond donors (Lipinski definition) is 1. The summed E-state index contributed by atoms with van der Waals surface area (Å²) in [6, 6.07) is 24.3. The summed E-state index contributed by atoms with van der Waals surface area (Å²) in [6.07, 6.45) is 0. The van der Waals surface area contributed by atoms with E-state index in [0.717, 1.165) is 43.6 Å². The van der Waals surface area contributed by atoms with Gasteiger partial charge < -0.3 is 9.15 Å². The molecule has 0 bridgehead atoms. The Kier molecular flexibility index (Phi) is 4.82. The van der Waals surface area contributed by atoms with E-state index in [0.29, 0.717) is 0 Å². The van der Waals surface area contributed by atoms with Crippen LogP contribution >= 0.6 is 15.9 Å². The fourth-order valence-electron chi connectivity index (χ4n) is 2.99. The number of rotatable bonds is 3. The molecule has 0 atom stereocenters. The van der Waals surface area contributed by atoms with Crippen LogP contribution in [0.15, 0.2) is 81.7 Å². The van der Waals surface area contributed by atoms with Gasteiger partial charge in [-0.05, 0) is 55.5 Å². The molecule has 1 heterocycles. The quantitative estimate of drug-likeness (QED) is 0.529. The van der Waals surface area contributed by atoms with Gasteiger partial charge in [0, 0.05) is 22.2 Å². The number of methoxy groups -OCH3 is 1. The highest BCUT2D eigenvalue weighted by Gasteiger charge is 2.10. The molecule has 0 aliphatic carbocycles. The Morgan fingerprint density at radius 3 is 2.33 bits per heavy atom. The molecule has 0 saturated carbocycles. The van der Waals surface area contributed by atoms with Crippen molar-refractivity contribution in [2.24, 2.45) is 0 Å². The molecule has 0 saturated heterocycles. The highest BCUT2D eigenvalue weighted by Crippen LogP contribution is 2.24. The van der Waals surface area contributed by atoms with Gasteiger partial charge in [-0.15, -0.1) is 0 Å². The van der Waals surface area contributed by atoms with E-state index in [-0.39, 0.29) is 0 Å². The molecular weight excluding hydrogens is 402 g/mol. The first-order chi connectivity index (χ1) is 13.1. The van der Waals surface area contributed by atoms with Crippen molar-refractivity contribution in [3.63, 3.8) is 0 Å². The smallest absolute Gasteiger partial charge is 0.218 e. The van der Waals surface area contributed by atoms with Gasteiger partial charge >= 0.3 is 0 Å². The molecule has 0 aliphatic heterocycles. The molecule has 4 heteroatoms. The Bertz CT molecular complexity index is 1160. The molecule has 3 aromatic carbocycles. The second-order valence-electron chi connectivity index (χ2n) is 6.38. The Morgan fingerprint density at radius 1 is 0.889 bits per heavy atom. The van der Waals surface area contributed by atoms with Gasteiger partial charge in [0.05, 0.1) is 18.6 Å². The SMILES string of the molecule is COc1ccc(-c2cc(=[NH+]c3ccc(Br)cc3)c3cc(C)ccc3o2)cc1. The lowest BCUT2D eigenvalue weighted by atomic mass is 10.1. The minimum atomic E-state index is 0.800. The third kappa shape index (κ3) is 3.81. The molecule has 4 rings (SSSR count). The summed E-state index contributed by atoms with van der Waals surface area (Å²) in [5.74, 6) is 1.62. The number of ether oxygens (including phenoxy) is 1. The van der Waals surface area contributed by atoms with Gasteiger partial charge in [-0.2, -0.15) is 0 Å². The van der Waals surface area contributed by atoms with Crippen molar-refractivity contribution in [3.05, 3.63) is 88.2 Å². The standard InChI is InChI=1S/C23H18BrNO2/c1-15-3-12-22-20(13-15)21(25-18-8-6-17(24)7-9-18)14-23(27-22)16-4-10-19(26-2)11-5-16/h3-14H,1-2H3/p+1.